The van der Waals surface area contributed by atoms with E-state index < -0.39 is 21.7 Å². The number of hydrogen-bond acceptors (Lipinski definition) is 5. The van der Waals surface area contributed by atoms with Gasteiger partial charge in [0, 0.05) is 29.4 Å². The zero-order chi connectivity index (χ0) is 21.8. The van der Waals surface area contributed by atoms with Crippen LogP contribution in [-0.4, -0.2) is 27.5 Å². The quantitative estimate of drug-likeness (QED) is 0.622. The van der Waals surface area contributed by atoms with Crippen molar-refractivity contribution in [3.8, 4) is 11.5 Å². The molecule has 9 heteroatoms. The Labute approximate surface area is 178 Å². The molecule has 0 unspecified atom stereocenters. The van der Waals surface area contributed by atoms with E-state index in [-0.39, 0.29) is 10.5 Å². The fraction of sp³-hybridized carbons (Fsp3) is 0.136. The second-order valence-electron chi connectivity index (χ2n) is 6.81. The third-order valence-electron chi connectivity index (χ3n) is 4.51. The predicted molar refractivity (Wildman–Crippen MR) is 114 cm³/mol. The predicted octanol–water partition coefficient (Wildman–Crippen LogP) is 4.04. The highest BCUT2D eigenvalue weighted by molar-refractivity contribution is 7.92. The first kappa shape index (κ1) is 20.7. The highest BCUT2D eigenvalue weighted by atomic mass is 32.2. The highest BCUT2D eigenvalue weighted by Gasteiger charge is 2.19. The molecule has 4 rings (SSSR count). The Morgan fingerprint density at radius 3 is 2.32 bits per heavy atom. The van der Waals surface area contributed by atoms with Crippen LogP contribution in [0.25, 0.3) is 0 Å². The monoisotopic (exact) mass is 442 g/mol. The lowest BCUT2D eigenvalue weighted by atomic mass is 10.2. The minimum Gasteiger partial charge on any atom is -0.490 e. The van der Waals surface area contributed by atoms with E-state index in [0.29, 0.717) is 36.1 Å². The molecule has 1 heterocycles. The molecule has 0 spiro atoms. The topological polar surface area (TPSA) is 93.7 Å². The van der Waals surface area contributed by atoms with E-state index >= 15 is 0 Å². The summed E-state index contributed by atoms with van der Waals surface area (Å²) in [5.41, 5.74) is 0.933. The summed E-state index contributed by atoms with van der Waals surface area (Å²) in [6.07, 6.45) is 0.719. The number of carbonyl (C=O) groups excluding carboxylic acids is 1. The first-order valence-electron chi connectivity index (χ1n) is 9.50. The minimum atomic E-state index is -3.86. The third kappa shape index (κ3) is 4.95. The highest BCUT2D eigenvalue weighted by Crippen LogP contribution is 2.32. The van der Waals surface area contributed by atoms with E-state index in [1.165, 1.54) is 42.5 Å². The van der Waals surface area contributed by atoms with Crippen LogP contribution in [0.15, 0.2) is 71.6 Å². The fourth-order valence-corrected chi connectivity index (χ4v) is 4.05. The summed E-state index contributed by atoms with van der Waals surface area (Å²) < 4.78 is 52.3. The molecule has 0 aromatic heterocycles. The molecule has 3 aromatic carbocycles. The van der Waals surface area contributed by atoms with Gasteiger partial charge in [-0.1, -0.05) is 6.07 Å². The Bertz CT molecular complexity index is 1210. The summed E-state index contributed by atoms with van der Waals surface area (Å²) in [6, 6.07) is 15.9. The average Bonchev–Trinajstić information content (AvgIpc) is 3.00. The van der Waals surface area contributed by atoms with Crippen molar-refractivity contribution in [2.24, 2.45) is 0 Å². The van der Waals surface area contributed by atoms with E-state index in [9.17, 15) is 17.6 Å². The Hall–Kier alpha value is -3.59. The SMILES string of the molecule is O=C(Nc1ccc(NS(=O)(=O)c2ccc3c(c2)OCCCO3)cc1)c1cccc(F)c1. The average molecular weight is 442 g/mol. The van der Waals surface area contributed by atoms with Crippen LogP contribution in [0.4, 0.5) is 15.8 Å². The Morgan fingerprint density at radius 2 is 1.58 bits per heavy atom. The lowest BCUT2D eigenvalue weighted by Gasteiger charge is -2.12. The standard InChI is InChI=1S/C22H19FN2O5S/c23-16-4-1-3-15(13-16)22(26)24-17-5-7-18(8-6-17)25-31(27,28)19-9-10-20-21(14-19)30-12-2-11-29-20/h1,3-10,13-14,25H,2,11-12H2,(H,24,26). The van der Waals surface area contributed by atoms with Gasteiger partial charge < -0.3 is 14.8 Å². The number of carbonyl (C=O) groups is 1. The maximum atomic E-state index is 13.3. The van der Waals surface area contributed by atoms with Gasteiger partial charge in [0.2, 0.25) is 0 Å². The third-order valence-corrected chi connectivity index (χ3v) is 5.89. The van der Waals surface area contributed by atoms with Gasteiger partial charge >= 0.3 is 0 Å². The molecule has 0 aliphatic carbocycles. The number of benzene rings is 3. The van der Waals surface area contributed by atoms with Crippen molar-refractivity contribution in [3.63, 3.8) is 0 Å². The summed E-state index contributed by atoms with van der Waals surface area (Å²) >= 11 is 0. The molecule has 1 aliphatic rings. The first-order chi connectivity index (χ1) is 14.9. The summed E-state index contributed by atoms with van der Waals surface area (Å²) in [5, 5.41) is 2.63. The van der Waals surface area contributed by atoms with Gasteiger partial charge in [0.05, 0.1) is 18.1 Å². The maximum absolute atomic E-state index is 13.3. The van der Waals surface area contributed by atoms with Crippen molar-refractivity contribution in [1.82, 2.24) is 0 Å². The molecule has 31 heavy (non-hydrogen) atoms. The van der Waals surface area contributed by atoms with Crippen molar-refractivity contribution in [2.75, 3.05) is 23.3 Å². The van der Waals surface area contributed by atoms with Crippen LogP contribution in [0.1, 0.15) is 16.8 Å². The summed E-state index contributed by atoms with van der Waals surface area (Å²) in [5.74, 6) is -0.0854. The van der Waals surface area contributed by atoms with Crippen molar-refractivity contribution < 1.29 is 27.1 Å². The second-order valence-corrected chi connectivity index (χ2v) is 8.49. The molecule has 7 nitrogen and oxygen atoms in total. The summed E-state index contributed by atoms with van der Waals surface area (Å²) in [6.45, 7) is 0.964. The maximum Gasteiger partial charge on any atom is 0.262 e. The number of fused-ring (bicyclic) bond motifs is 1. The number of rotatable bonds is 5. The van der Waals surface area contributed by atoms with E-state index in [0.717, 1.165) is 12.5 Å². The largest absolute Gasteiger partial charge is 0.490 e. The number of nitrogens with one attached hydrogen (secondary N) is 2. The van der Waals surface area contributed by atoms with Gasteiger partial charge in [0.1, 0.15) is 5.82 Å². The number of ether oxygens (including phenoxy) is 2. The van der Waals surface area contributed by atoms with Crippen LogP contribution in [0, 0.1) is 5.82 Å². The summed E-state index contributed by atoms with van der Waals surface area (Å²) in [7, 11) is -3.86. The molecule has 3 aromatic rings. The number of hydrogen-bond donors (Lipinski definition) is 2. The number of amides is 1. The number of sulfonamides is 1. The van der Waals surface area contributed by atoms with Gasteiger partial charge in [-0.2, -0.15) is 0 Å². The molecule has 0 radical (unpaired) electrons. The number of halogens is 1. The van der Waals surface area contributed by atoms with Gasteiger partial charge in [-0.3, -0.25) is 9.52 Å². The van der Waals surface area contributed by atoms with Crippen LogP contribution in [0.2, 0.25) is 0 Å². The molecule has 0 saturated heterocycles. The number of anilines is 2. The van der Waals surface area contributed by atoms with Crippen LogP contribution >= 0.6 is 0 Å². The Morgan fingerprint density at radius 1 is 0.871 bits per heavy atom. The Balaban J connectivity index is 1.46. The molecule has 0 atom stereocenters. The molecule has 2 N–H and O–H groups in total. The molecule has 0 bridgehead atoms. The van der Waals surface area contributed by atoms with Gasteiger partial charge in [0.15, 0.2) is 11.5 Å². The molecule has 160 valence electrons. The van der Waals surface area contributed by atoms with E-state index in [1.54, 1.807) is 18.2 Å². The lowest BCUT2D eigenvalue weighted by molar-refractivity contribution is 0.102. The van der Waals surface area contributed by atoms with Crippen LogP contribution < -0.4 is 19.5 Å². The molecule has 0 fully saturated rings. The van der Waals surface area contributed by atoms with Crippen molar-refractivity contribution in [1.29, 1.82) is 0 Å². The zero-order valence-corrected chi connectivity index (χ0v) is 17.1. The fourth-order valence-electron chi connectivity index (χ4n) is 2.98. The molecule has 0 saturated carbocycles. The summed E-state index contributed by atoms with van der Waals surface area (Å²) in [4.78, 5) is 12.2. The van der Waals surface area contributed by atoms with Crippen molar-refractivity contribution in [2.45, 2.75) is 11.3 Å². The zero-order valence-electron chi connectivity index (χ0n) is 16.3. The van der Waals surface area contributed by atoms with Crippen molar-refractivity contribution >= 4 is 27.3 Å². The minimum absolute atomic E-state index is 0.0419. The van der Waals surface area contributed by atoms with Gasteiger partial charge in [-0.25, -0.2) is 12.8 Å². The van der Waals surface area contributed by atoms with E-state index in [4.69, 9.17) is 9.47 Å². The van der Waals surface area contributed by atoms with Gasteiger partial charge in [-0.15, -0.1) is 0 Å². The van der Waals surface area contributed by atoms with Gasteiger partial charge in [-0.05, 0) is 54.6 Å². The normalized spacial score (nSPS) is 13.2. The van der Waals surface area contributed by atoms with E-state index in [1.807, 2.05) is 0 Å². The van der Waals surface area contributed by atoms with Gasteiger partial charge in [0.25, 0.3) is 15.9 Å². The molecular weight excluding hydrogens is 423 g/mol. The van der Waals surface area contributed by atoms with E-state index in [2.05, 4.69) is 10.0 Å². The smallest absolute Gasteiger partial charge is 0.262 e. The van der Waals surface area contributed by atoms with Crippen LogP contribution in [0.3, 0.4) is 0 Å². The second kappa shape index (κ2) is 8.65. The molecular formula is C22H19FN2O5S. The molecule has 1 aliphatic heterocycles. The van der Waals surface area contributed by atoms with Crippen molar-refractivity contribution in [3.05, 3.63) is 78.1 Å². The Kier molecular flexibility index (Phi) is 5.77. The lowest BCUT2D eigenvalue weighted by Crippen LogP contribution is -2.14. The first-order valence-corrected chi connectivity index (χ1v) is 11.0. The van der Waals surface area contributed by atoms with Crippen LogP contribution in [-0.2, 0) is 10.0 Å². The molecule has 1 amide bonds. The van der Waals surface area contributed by atoms with Crippen LogP contribution in [0.5, 0.6) is 11.5 Å².